The van der Waals surface area contributed by atoms with Gasteiger partial charge in [0.05, 0.1) is 6.54 Å². The Morgan fingerprint density at radius 1 is 1.16 bits per heavy atom. The third-order valence-electron chi connectivity index (χ3n) is 3.89. The van der Waals surface area contributed by atoms with E-state index in [9.17, 15) is 9.90 Å². The van der Waals surface area contributed by atoms with Crippen LogP contribution in [0.4, 0.5) is 0 Å². The molecule has 0 aliphatic rings. The lowest BCUT2D eigenvalue weighted by atomic mass is 9.96. The number of aliphatic hydroxyl groups is 1. The van der Waals surface area contributed by atoms with Crippen molar-refractivity contribution in [1.82, 2.24) is 15.5 Å². The number of amides is 1. The van der Waals surface area contributed by atoms with Gasteiger partial charge in [0, 0.05) is 18.1 Å². The molecule has 0 saturated carbocycles. The zero-order valence-corrected chi connectivity index (χ0v) is 14.1. The summed E-state index contributed by atoms with van der Waals surface area (Å²) < 4.78 is 5.38. The Morgan fingerprint density at radius 2 is 1.92 bits per heavy atom. The SMILES string of the molecule is Cc1nnc(-c2cccc(C(=O)NCC(C)(O)c3ccccc3)c2)o1. The lowest BCUT2D eigenvalue weighted by molar-refractivity contribution is 0.0526. The molecule has 0 fully saturated rings. The van der Waals surface area contributed by atoms with Gasteiger partial charge in [0.2, 0.25) is 11.8 Å². The molecule has 1 atom stereocenters. The summed E-state index contributed by atoms with van der Waals surface area (Å²) in [6.45, 7) is 3.47. The van der Waals surface area contributed by atoms with Gasteiger partial charge in [-0.15, -0.1) is 10.2 Å². The molecule has 3 rings (SSSR count). The predicted octanol–water partition coefficient (Wildman–Crippen LogP) is 2.68. The van der Waals surface area contributed by atoms with E-state index < -0.39 is 5.60 Å². The molecule has 2 aromatic carbocycles. The minimum Gasteiger partial charge on any atom is -0.421 e. The van der Waals surface area contributed by atoms with Crippen molar-refractivity contribution < 1.29 is 14.3 Å². The first-order valence-electron chi connectivity index (χ1n) is 7.92. The van der Waals surface area contributed by atoms with Crippen molar-refractivity contribution in [3.8, 4) is 11.5 Å². The molecule has 0 saturated heterocycles. The molecule has 0 radical (unpaired) electrons. The number of hydrogen-bond acceptors (Lipinski definition) is 5. The maximum absolute atomic E-state index is 12.4. The van der Waals surface area contributed by atoms with Gasteiger partial charge in [0.15, 0.2) is 0 Å². The molecule has 1 heterocycles. The predicted molar refractivity (Wildman–Crippen MR) is 92.8 cm³/mol. The second-order valence-corrected chi connectivity index (χ2v) is 6.03. The van der Waals surface area contributed by atoms with Crippen molar-refractivity contribution in [3.05, 3.63) is 71.6 Å². The van der Waals surface area contributed by atoms with Gasteiger partial charge >= 0.3 is 0 Å². The van der Waals surface area contributed by atoms with Crippen LogP contribution in [0.2, 0.25) is 0 Å². The van der Waals surface area contributed by atoms with Gasteiger partial charge in [-0.25, -0.2) is 0 Å². The quantitative estimate of drug-likeness (QED) is 0.747. The molecule has 25 heavy (non-hydrogen) atoms. The maximum Gasteiger partial charge on any atom is 0.251 e. The number of aromatic nitrogens is 2. The average Bonchev–Trinajstić information content (AvgIpc) is 3.07. The lowest BCUT2D eigenvalue weighted by Gasteiger charge is -2.24. The maximum atomic E-state index is 12.4. The van der Waals surface area contributed by atoms with Crippen molar-refractivity contribution >= 4 is 5.91 Å². The molecule has 1 unspecified atom stereocenters. The summed E-state index contributed by atoms with van der Waals surface area (Å²) in [7, 11) is 0. The Bertz CT molecular complexity index is 872. The van der Waals surface area contributed by atoms with E-state index in [1.165, 1.54) is 0 Å². The fraction of sp³-hybridized carbons (Fsp3) is 0.211. The van der Waals surface area contributed by atoms with Crippen LogP contribution >= 0.6 is 0 Å². The van der Waals surface area contributed by atoms with Crippen LogP contribution < -0.4 is 5.32 Å². The first-order valence-corrected chi connectivity index (χ1v) is 7.92. The molecule has 3 aromatic rings. The molecule has 2 N–H and O–H groups in total. The second-order valence-electron chi connectivity index (χ2n) is 6.03. The van der Waals surface area contributed by atoms with Crippen molar-refractivity contribution in [2.24, 2.45) is 0 Å². The minimum absolute atomic E-state index is 0.0970. The summed E-state index contributed by atoms with van der Waals surface area (Å²) in [5.41, 5.74) is 0.712. The van der Waals surface area contributed by atoms with Crippen LogP contribution in [0.5, 0.6) is 0 Å². The average molecular weight is 337 g/mol. The van der Waals surface area contributed by atoms with Crippen LogP contribution in [0, 0.1) is 6.92 Å². The first-order chi connectivity index (χ1) is 12.0. The van der Waals surface area contributed by atoms with Crippen LogP contribution in [0.15, 0.2) is 59.0 Å². The molecule has 6 heteroatoms. The Hall–Kier alpha value is -2.99. The van der Waals surface area contributed by atoms with E-state index in [-0.39, 0.29) is 12.5 Å². The monoisotopic (exact) mass is 337 g/mol. The van der Waals surface area contributed by atoms with Crippen LogP contribution in [-0.2, 0) is 5.60 Å². The third-order valence-corrected chi connectivity index (χ3v) is 3.89. The van der Waals surface area contributed by atoms with E-state index >= 15 is 0 Å². The van der Waals surface area contributed by atoms with Gasteiger partial charge in [0.1, 0.15) is 5.60 Å². The van der Waals surface area contributed by atoms with Gasteiger partial charge in [-0.2, -0.15) is 0 Å². The molecule has 0 aliphatic carbocycles. The van der Waals surface area contributed by atoms with Gasteiger partial charge in [-0.3, -0.25) is 4.79 Å². The Labute approximate surface area is 145 Å². The molecule has 1 amide bonds. The molecule has 0 bridgehead atoms. The first kappa shape index (κ1) is 16.9. The van der Waals surface area contributed by atoms with Gasteiger partial charge in [-0.1, -0.05) is 36.4 Å². The van der Waals surface area contributed by atoms with E-state index in [0.717, 1.165) is 5.56 Å². The van der Waals surface area contributed by atoms with Crippen molar-refractivity contribution in [3.63, 3.8) is 0 Å². The summed E-state index contributed by atoms with van der Waals surface area (Å²) in [5.74, 6) is 0.543. The van der Waals surface area contributed by atoms with E-state index in [1.54, 1.807) is 38.1 Å². The van der Waals surface area contributed by atoms with Crippen LogP contribution in [-0.4, -0.2) is 27.8 Å². The zero-order chi connectivity index (χ0) is 17.9. The summed E-state index contributed by atoms with van der Waals surface area (Å²) in [6, 6.07) is 16.1. The molecular weight excluding hydrogens is 318 g/mol. The molecule has 0 aliphatic heterocycles. The van der Waals surface area contributed by atoms with E-state index in [4.69, 9.17) is 4.42 Å². The number of rotatable bonds is 5. The highest BCUT2D eigenvalue weighted by Crippen LogP contribution is 2.21. The number of hydrogen-bond donors (Lipinski definition) is 2. The summed E-state index contributed by atoms with van der Waals surface area (Å²) in [4.78, 5) is 12.4. The minimum atomic E-state index is -1.15. The highest BCUT2D eigenvalue weighted by atomic mass is 16.4. The molecule has 6 nitrogen and oxygen atoms in total. The van der Waals surface area contributed by atoms with Crippen molar-refractivity contribution in [1.29, 1.82) is 0 Å². The van der Waals surface area contributed by atoms with Crippen molar-refractivity contribution in [2.45, 2.75) is 19.4 Å². The Morgan fingerprint density at radius 3 is 2.60 bits per heavy atom. The second kappa shape index (κ2) is 6.86. The topological polar surface area (TPSA) is 88.2 Å². The molecular formula is C19H19N3O3. The zero-order valence-electron chi connectivity index (χ0n) is 14.1. The summed E-state index contributed by atoms with van der Waals surface area (Å²) >= 11 is 0. The third kappa shape index (κ3) is 3.92. The number of aryl methyl sites for hydroxylation is 1. The number of benzene rings is 2. The smallest absolute Gasteiger partial charge is 0.251 e. The standard InChI is InChI=1S/C19H19N3O3/c1-13-21-22-18(25-13)15-8-6-7-14(11-15)17(23)20-12-19(2,24)16-9-4-3-5-10-16/h3-11,24H,12H2,1-2H3,(H,20,23). The highest BCUT2D eigenvalue weighted by Gasteiger charge is 2.23. The lowest BCUT2D eigenvalue weighted by Crippen LogP contribution is -2.38. The van der Waals surface area contributed by atoms with E-state index in [0.29, 0.717) is 22.9 Å². The normalized spacial score (nSPS) is 13.2. The fourth-order valence-corrected chi connectivity index (χ4v) is 2.46. The Balaban J connectivity index is 1.71. The highest BCUT2D eigenvalue weighted by molar-refractivity contribution is 5.95. The van der Waals surface area contributed by atoms with Gasteiger partial charge in [0.25, 0.3) is 5.91 Å². The molecule has 0 spiro atoms. The molecule has 1 aromatic heterocycles. The fourth-order valence-electron chi connectivity index (χ4n) is 2.46. The summed E-state index contributed by atoms with van der Waals surface area (Å²) in [5, 5.41) is 21.1. The Kier molecular flexibility index (Phi) is 4.63. The van der Waals surface area contributed by atoms with Crippen LogP contribution in [0.3, 0.4) is 0 Å². The van der Waals surface area contributed by atoms with Crippen molar-refractivity contribution in [2.75, 3.05) is 6.54 Å². The largest absolute Gasteiger partial charge is 0.421 e. The molecule has 128 valence electrons. The van der Waals surface area contributed by atoms with E-state index in [1.807, 2.05) is 30.3 Å². The van der Waals surface area contributed by atoms with Crippen LogP contribution in [0.1, 0.15) is 28.7 Å². The number of nitrogens with one attached hydrogen (secondary N) is 1. The summed E-state index contributed by atoms with van der Waals surface area (Å²) in [6.07, 6.45) is 0. The van der Waals surface area contributed by atoms with E-state index in [2.05, 4.69) is 15.5 Å². The number of nitrogens with zero attached hydrogens (tertiary/aromatic N) is 2. The number of carbonyl (C=O) groups is 1. The number of carbonyl (C=O) groups excluding carboxylic acids is 1. The van der Waals surface area contributed by atoms with Gasteiger partial charge in [-0.05, 0) is 30.7 Å². The van der Waals surface area contributed by atoms with Gasteiger partial charge < -0.3 is 14.8 Å². The van der Waals surface area contributed by atoms with Crippen LogP contribution in [0.25, 0.3) is 11.5 Å².